The summed E-state index contributed by atoms with van der Waals surface area (Å²) in [5.74, 6) is 0.415. The van der Waals surface area contributed by atoms with Crippen molar-refractivity contribution in [2.45, 2.75) is 25.2 Å². The van der Waals surface area contributed by atoms with Crippen LogP contribution in [-0.2, 0) is 0 Å². The third-order valence-electron chi connectivity index (χ3n) is 5.46. The molecule has 1 saturated carbocycles. The maximum absolute atomic E-state index is 12.8. The summed E-state index contributed by atoms with van der Waals surface area (Å²) >= 11 is 0. The van der Waals surface area contributed by atoms with Gasteiger partial charge in [0.25, 0.3) is 5.91 Å². The zero-order chi connectivity index (χ0) is 15.9. The van der Waals surface area contributed by atoms with Crippen molar-refractivity contribution in [3.63, 3.8) is 0 Å². The fourth-order valence-electron chi connectivity index (χ4n) is 4.13. The maximum Gasteiger partial charge on any atom is 0.255 e. The van der Waals surface area contributed by atoms with Crippen LogP contribution in [0.4, 0.5) is 0 Å². The van der Waals surface area contributed by atoms with E-state index in [0.29, 0.717) is 11.5 Å². The molecule has 0 radical (unpaired) electrons. The second kappa shape index (κ2) is 5.37. The minimum atomic E-state index is -0.0295. The highest BCUT2D eigenvalue weighted by Crippen LogP contribution is 2.55. The van der Waals surface area contributed by atoms with Crippen molar-refractivity contribution in [2.75, 3.05) is 13.1 Å². The van der Waals surface area contributed by atoms with Crippen molar-refractivity contribution in [3.05, 3.63) is 59.9 Å². The Hall–Kier alpha value is -2.36. The van der Waals surface area contributed by atoms with E-state index in [2.05, 4.69) is 29.2 Å². The maximum atomic E-state index is 12.8. The predicted molar refractivity (Wildman–Crippen MR) is 87.3 cm³/mol. The van der Waals surface area contributed by atoms with Crippen LogP contribution in [0.1, 0.15) is 41.1 Å². The molecule has 1 amide bonds. The molecule has 1 spiro atoms. The molecular formula is C19H20N2O2. The van der Waals surface area contributed by atoms with Crippen LogP contribution in [0.25, 0.3) is 0 Å². The molecule has 118 valence electrons. The van der Waals surface area contributed by atoms with Crippen LogP contribution in [-0.4, -0.2) is 34.0 Å². The third kappa shape index (κ3) is 2.38. The second-order valence-corrected chi connectivity index (χ2v) is 6.80. The molecule has 4 nitrogen and oxygen atoms in total. The molecule has 2 fully saturated rings. The molecule has 2 aliphatic rings. The summed E-state index contributed by atoms with van der Waals surface area (Å²) in [6.45, 7) is 1.56. The molecule has 0 bridgehead atoms. The SMILES string of the molecule is O=C(c1cncc(O)c1)N1CC(c2ccccc2)C2(CCC2)C1. The predicted octanol–water partition coefficient (Wildman–Crippen LogP) is 3.20. The summed E-state index contributed by atoms with van der Waals surface area (Å²) in [5, 5.41) is 9.56. The molecule has 1 aliphatic carbocycles. The van der Waals surface area contributed by atoms with E-state index in [1.54, 1.807) is 0 Å². The lowest BCUT2D eigenvalue weighted by Crippen LogP contribution is -2.37. The van der Waals surface area contributed by atoms with Gasteiger partial charge in [0.05, 0.1) is 11.8 Å². The summed E-state index contributed by atoms with van der Waals surface area (Å²) in [7, 11) is 0. The molecule has 1 saturated heterocycles. The number of aromatic hydroxyl groups is 1. The topological polar surface area (TPSA) is 53.4 Å². The van der Waals surface area contributed by atoms with Gasteiger partial charge >= 0.3 is 0 Å². The van der Waals surface area contributed by atoms with Crippen molar-refractivity contribution >= 4 is 5.91 Å². The van der Waals surface area contributed by atoms with Crippen LogP contribution >= 0.6 is 0 Å². The second-order valence-electron chi connectivity index (χ2n) is 6.80. The molecule has 1 N–H and O–H groups in total. The first-order valence-electron chi connectivity index (χ1n) is 8.16. The highest BCUT2D eigenvalue weighted by atomic mass is 16.3. The molecule has 1 unspecified atom stereocenters. The Morgan fingerprint density at radius 2 is 2.00 bits per heavy atom. The first-order chi connectivity index (χ1) is 11.2. The number of carbonyl (C=O) groups is 1. The summed E-state index contributed by atoms with van der Waals surface area (Å²) in [6.07, 6.45) is 6.51. The van der Waals surface area contributed by atoms with Gasteiger partial charge in [0.2, 0.25) is 0 Å². The zero-order valence-electron chi connectivity index (χ0n) is 13.0. The summed E-state index contributed by atoms with van der Waals surface area (Å²) in [4.78, 5) is 18.6. The fourth-order valence-corrected chi connectivity index (χ4v) is 4.13. The number of carbonyl (C=O) groups excluding carboxylic acids is 1. The lowest BCUT2D eigenvalue weighted by Gasteiger charge is -2.43. The Morgan fingerprint density at radius 3 is 2.65 bits per heavy atom. The summed E-state index contributed by atoms with van der Waals surface area (Å²) in [6, 6.07) is 12.0. The first-order valence-corrected chi connectivity index (χ1v) is 8.16. The van der Waals surface area contributed by atoms with Gasteiger partial charge < -0.3 is 10.0 Å². The minimum absolute atomic E-state index is 0.0295. The molecule has 1 atom stereocenters. The molecule has 2 aromatic rings. The number of pyridine rings is 1. The Labute approximate surface area is 135 Å². The monoisotopic (exact) mass is 308 g/mol. The van der Waals surface area contributed by atoms with Crippen LogP contribution in [0, 0.1) is 5.41 Å². The van der Waals surface area contributed by atoms with Crippen molar-refractivity contribution in [1.29, 1.82) is 0 Å². The lowest BCUT2D eigenvalue weighted by molar-refractivity contribution is 0.0724. The van der Waals surface area contributed by atoms with E-state index >= 15 is 0 Å². The van der Waals surface area contributed by atoms with Crippen molar-refractivity contribution < 1.29 is 9.90 Å². The minimum Gasteiger partial charge on any atom is -0.506 e. The van der Waals surface area contributed by atoms with Gasteiger partial charge in [0.15, 0.2) is 0 Å². The van der Waals surface area contributed by atoms with Gasteiger partial charge in [-0.25, -0.2) is 0 Å². The van der Waals surface area contributed by atoms with Gasteiger partial charge in [-0.15, -0.1) is 0 Å². The fraction of sp³-hybridized carbons (Fsp3) is 0.368. The molecular weight excluding hydrogens is 288 g/mol. The highest BCUT2D eigenvalue weighted by Gasteiger charge is 2.51. The quantitative estimate of drug-likeness (QED) is 0.927. The van der Waals surface area contributed by atoms with E-state index in [1.165, 1.54) is 43.3 Å². The standard InChI is InChI=1S/C19H20N2O2/c22-16-9-15(10-20-11-16)18(23)21-12-17(14-5-2-1-3-6-14)19(13-21)7-4-8-19/h1-3,5-6,9-11,17,22H,4,7-8,12-13H2. The van der Waals surface area contributed by atoms with E-state index in [9.17, 15) is 9.90 Å². The average Bonchev–Trinajstić information content (AvgIpc) is 2.96. The van der Waals surface area contributed by atoms with Gasteiger partial charge in [-0.1, -0.05) is 36.8 Å². The van der Waals surface area contributed by atoms with Crippen molar-refractivity contribution in [3.8, 4) is 5.75 Å². The van der Waals surface area contributed by atoms with Gasteiger partial charge in [-0.05, 0) is 29.9 Å². The number of aromatic nitrogens is 1. The van der Waals surface area contributed by atoms with E-state index in [1.807, 2.05) is 11.0 Å². The zero-order valence-corrected chi connectivity index (χ0v) is 13.0. The number of likely N-dealkylation sites (tertiary alicyclic amines) is 1. The van der Waals surface area contributed by atoms with Crippen molar-refractivity contribution in [2.24, 2.45) is 5.41 Å². The molecule has 2 heterocycles. The van der Waals surface area contributed by atoms with Crippen LogP contribution in [0.3, 0.4) is 0 Å². The number of nitrogens with zero attached hydrogens (tertiary/aromatic N) is 2. The smallest absolute Gasteiger partial charge is 0.255 e. The number of amides is 1. The van der Waals surface area contributed by atoms with Gasteiger partial charge in [-0.2, -0.15) is 0 Å². The number of hydrogen-bond donors (Lipinski definition) is 1. The van der Waals surface area contributed by atoms with E-state index < -0.39 is 0 Å². The first kappa shape index (κ1) is 14.2. The Bertz CT molecular complexity index is 725. The van der Waals surface area contributed by atoms with Gasteiger partial charge in [0.1, 0.15) is 5.75 Å². The highest BCUT2D eigenvalue weighted by molar-refractivity contribution is 5.94. The number of benzene rings is 1. The molecule has 4 rings (SSSR count). The molecule has 23 heavy (non-hydrogen) atoms. The Morgan fingerprint density at radius 1 is 1.22 bits per heavy atom. The van der Waals surface area contributed by atoms with Crippen LogP contribution < -0.4 is 0 Å². The largest absolute Gasteiger partial charge is 0.506 e. The normalized spacial score (nSPS) is 22.1. The lowest BCUT2D eigenvalue weighted by atomic mass is 9.61. The number of rotatable bonds is 2. The van der Waals surface area contributed by atoms with Crippen LogP contribution in [0.2, 0.25) is 0 Å². The van der Waals surface area contributed by atoms with Crippen molar-refractivity contribution in [1.82, 2.24) is 9.88 Å². The average molecular weight is 308 g/mol. The van der Waals surface area contributed by atoms with Gasteiger partial charge in [0, 0.05) is 25.2 Å². The molecule has 4 heteroatoms. The Kier molecular flexibility index (Phi) is 3.33. The van der Waals surface area contributed by atoms with Crippen LogP contribution in [0.5, 0.6) is 5.75 Å². The van der Waals surface area contributed by atoms with E-state index in [-0.39, 0.29) is 17.1 Å². The van der Waals surface area contributed by atoms with Gasteiger partial charge in [-0.3, -0.25) is 9.78 Å². The summed E-state index contributed by atoms with van der Waals surface area (Å²) in [5.41, 5.74) is 2.03. The molecule has 1 aromatic carbocycles. The third-order valence-corrected chi connectivity index (χ3v) is 5.46. The van der Waals surface area contributed by atoms with E-state index in [4.69, 9.17) is 0 Å². The number of hydrogen-bond acceptors (Lipinski definition) is 3. The molecule has 1 aromatic heterocycles. The molecule has 1 aliphatic heterocycles. The summed E-state index contributed by atoms with van der Waals surface area (Å²) < 4.78 is 0. The van der Waals surface area contributed by atoms with E-state index in [0.717, 1.165) is 13.1 Å². The van der Waals surface area contributed by atoms with Crippen LogP contribution in [0.15, 0.2) is 48.8 Å². The Balaban J connectivity index is 1.61.